The number of hydrogen-bond acceptors (Lipinski definition) is 6. The van der Waals surface area contributed by atoms with Gasteiger partial charge in [-0.1, -0.05) is 29.3 Å². The van der Waals surface area contributed by atoms with E-state index in [1.807, 2.05) is 4.90 Å². The van der Waals surface area contributed by atoms with Crippen molar-refractivity contribution in [2.75, 3.05) is 77.5 Å². The number of amides is 2. The maximum Gasteiger partial charge on any atom is 0.416 e. The lowest BCUT2D eigenvalue weighted by Crippen LogP contribution is -2.60. The van der Waals surface area contributed by atoms with Crippen LogP contribution in [0.15, 0.2) is 36.4 Å². The van der Waals surface area contributed by atoms with Gasteiger partial charge >= 0.3 is 6.18 Å². The summed E-state index contributed by atoms with van der Waals surface area (Å²) in [7, 11) is 1.59. The summed E-state index contributed by atoms with van der Waals surface area (Å²) in [5.41, 5.74) is 1.36. The highest BCUT2D eigenvalue weighted by Gasteiger charge is 2.36. The highest BCUT2D eigenvalue weighted by atomic mass is 35.5. The second-order valence-electron chi connectivity index (χ2n) is 10.4. The van der Waals surface area contributed by atoms with Crippen molar-refractivity contribution in [3.8, 4) is 0 Å². The van der Waals surface area contributed by atoms with Gasteiger partial charge in [-0.05, 0) is 54.4 Å². The van der Waals surface area contributed by atoms with Crippen molar-refractivity contribution >= 4 is 40.7 Å². The Balaban J connectivity index is 1.48. The van der Waals surface area contributed by atoms with Crippen LogP contribution in [0, 0.1) is 0 Å². The van der Waals surface area contributed by atoms with Crippen LogP contribution in [0.3, 0.4) is 0 Å². The summed E-state index contributed by atoms with van der Waals surface area (Å²) in [4.78, 5) is 32.1. The van der Waals surface area contributed by atoms with Gasteiger partial charge in [-0.2, -0.15) is 13.2 Å². The number of halogens is 5. The van der Waals surface area contributed by atoms with Gasteiger partial charge in [0.15, 0.2) is 0 Å². The molecule has 8 nitrogen and oxygen atoms in total. The molecule has 2 heterocycles. The Bertz CT molecular complexity index is 1240. The van der Waals surface area contributed by atoms with Crippen molar-refractivity contribution in [1.29, 1.82) is 0 Å². The van der Waals surface area contributed by atoms with Gasteiger partial charge in [-0.15, -0.1) is 0 Å². The second-order valence-corrected chi connectivity index (χ2v) is 11.2. The standard InChI is InChI=1S/C29H36Cl2F3N5O3/c1-42-15-9-35-7-6-21-16-22(29(32,33)34)3-5-25(21)37-11-13-38(14-12-37)28(41)26(39-10-8-36-19-27(39)40)17-20-2-4-23(30)18-24(20)31/h2-5,16,18,26,35-36H,6-15,17,19H2,1H3. The highest BCUT2D eigenvalue weighted by molar-refractivity contribution is 6.35. The smallest absolute Gasteiger partial charge is 0.383 e. The van der Waals surface area contributed by atoms with Crippen molar-refractivity contribution in [1.82, 2.24) is 20.4 Å². The molecule has 0 aromatic heterocycles. The Hall–Kier alpha value is -2.57. The molecule has 0 saturated carbocycles. The molecule has 2 amide bonds. The SMILES string of the molecule is COCCNCCc1cc(C(F)(F)F)ccc1N1CCN(C(=O)C(Cc2ccc(Cl)cc2Cl)N2CCNCC2=O)CC1. The van der Waals surface area contributed by atoms with Crippen LogP contribution in [0.25, 0.3) is 0 Å². The third-order valence-electron chi connectivity index (χ3n) is 7.61. The van der Waals surface area contributed by atoms with E-state index >= 15 is 0 Å². The Morgan fingerprint density at radius 3 is 2.48 bits per heavy atom. The van der Waals surface area contributed by atoms with Gasteiger partial charge in [0.2, 0.25) is 11.8 Å². The van der Waals surface area contributed by atoms with Crippen molar-refractivity contribution in [3.05, 3.63) is 63.1 Å². The minimum Gasteiger partial charge on any atom is -0.383 e. The molecule has 13 heteroatoms. The quantitative estimate of drug-likeness (QED) is 0.371. The Morgan fingerprint density at radius 2 is 1.81 bits per heavy atom. The lowest BCUT2D eigenvalue weighted by atomic mass is 10.0. The molecule has 0 radical (unpaired) electrons. The first-order valence-electron chi connectivity index (χ1n) is 14.0. The molecule has 2 aromatic rings. The summed E-state index contributed by atoms with van der Waals surface area (Å²) in [5, 5.41) is 7.14. The molecule has 0 bridgehead atoms. The Labute approximate surface area is 254 Å². The molecule has 1 atom stereocenters. The molecule has 2 N–H and O–H groups in total. The van der Waals surface area contributed by atoms with Gasteiger partial charge < -0.3 is 30.1 Å². The van der Waals surface area contributed by atoms with E-state index in [0.29, 0.717) is 81.0 Å². The number of methoxy groups -OCH3 is 1. The summed E-state index contributed by atoms with van der Waals surface area (Å²) in [5.74, 6) is -0.331. The monoisotopic (exact) mass is 629 g/mol. The largest absolute Gasteiger partial charge is 0.416 e. The molecule has 1 unspecified atom stereocenters. The number of carbonyl (C=O) groups is 2. The number of anilines is 1. The molecule has 2 saturated heterocycles. The van der Waals surface area contributed by atoms with Gasteiger partial charge in [0.05, 0.1) is 18.7 Å². The third-order valence-corrected chi connectivity index (χ3v) is 8.20. The van der Waals surface area contributed by atoms with Crippen molar-refractivity contribution in [2.45, 2.75) is 25.1 Å². The van der Waals surface area contributed by atoms with E-state index in [-0.39, 0.29) is 24.8 Å². The summed E-state index contributed by atoms with van der Waals surface area (Å²) in [6, 6.07) is 8.21. The summed E-state index contributed by atoms with van der Waals surface area (Å²) >= 11 is 12.5. The number of nitrogens with one attached hydrogen (secondary N) is 2. The molecule has 2 aromatic carbocycles. The van der Waals surface area contributed by atoms with Gasteiger partial charge in [-0.3, -0.25) is 9.59 Å². The van der Waals surface area contributed by atoms with Gasteiger partial charge in [0, 0.05) is 75.1 Å². The molecule has 42 heavy (non-hydrogen) atoms. The molecule has 2 fully saturated rings. The van der Waals surface area contributed by atoms with Crippen LogP contribution < -0.4 is 15.5 Å². The van der Waals surface area contributed by atoms with E-state index < -0.39 is 17.8 Å². The average molecular weight is 631 g/mol. The van der Waals surface area contributed by atoms with Crippen LogP contribution in [0.4, 0.5) is 18.9 Å². The van der Waals surface area contributed by atoms with E-state index in [1.165, 1.54) is 12.1 Å². The minimum atomic E-state index is -4.44. The summed E-state index contributed by atoms with van der Waals surface area (Å²) in [6.45, 7) is 4.39. The minimum absolute atomic E-state index is 0.156. The molecular formula is C29H36Cl2F3N5O3. The average Bonchev–Trinajstić information content (AvgIpc) is 2.96. The Kier molecular flexibility index (Phi) is 11.4. The van der Waals surface area contributed by atoms with Crippen molar-refractivity contribution in [3.63, 3.8) is 0 Å². The topological polar surface area (TPSA) is 77.2 Å². The number of rotatable bonds is 11. The zero-order valence-electron chi connectivity index (χ0n) is 23.5. The molecule has 2 aliphatic heterocycles. The van der Waals surface area contributed by atoms with Crippen molar-refractivity contribution in [2.24, 2.45) is 0 Å². The fourth-order valence-corrected chi connectivity index (χ4v) is 5.83. The first-order chi connectivity index (χ1) is 20.1. The number of carbonyl (C=O) groups excluding carboxylic acids is 2. The van der Waals surface area contributed by atoms with Crippen molar-refractivity contribution < 1.29 is 27.5 Å². The van der Waals surface area contributed by atoms with Crippen LogP contribution in [0.1, 0.15) is 16.7 Å². The lowest BCUT2D eigenvalue weighted by Gasteiger charge is -2.41. The molecule has 0 spiro atoms. The van der Waals surface area contributed by atoms with Crippen LogP contribution in [-0.2, 0) is 33.3 Å². The second kappa shape index (κ2) is 14.7. The number of ether oxygens (including phenoxy) is 1. The van der Waals surface area contributed by atoms with Crippen LogP contribution in [0.2, 0.25) is 10.0 Å². The van der Waals surface area contributed by atoms with Crippen LogP contribution >= 0.6 is 23.2 Å². The molecule has 230 valence electrons. The zero-order valence-corrected chi connectivity index (χ0v) is 25.0. The first-order valence-corrected chi connectivity index (χ1v) is 14.7. The van der Waals surface area contributed by atoms with Gasteiger partial charge in [0.1, 0.15) is 6.04 Å². The fraction of sp³-hybridized carbons (Fsp3) is 0.517. The molecule has 2 aliphatic rings. The van der Waals surface area contributed by atoms with Crippen LogP contribution in [-0.4, -0.2) is 100 Å². The number of nitrogens with zero attached hydrogens (tertiary/aromatic N) is 3. The number of alkyl halides is 3. The molecular weight excluding hydrogens is 594 g/mol. The summed E-state index contributed by atoms with van der Waals surface area (Å²) < 4.78 is 45.5. The maximum absolute atomic E-state index is 13.9. The number of piperazine rings is 2. The van der Waals surface area contributed by atoms with E-state index in [0.717, 1.165) is 17.3 Å². The van der Waals surface area contributed by atoms with E-state index in [9.17, 15) is 22.8 Å². The molecule has 0 aliphatic carbocycles. The molecule has 4 rings (SSSR count). The van der Waals surface area contributed by atoms with E-state index in [1.54, 1.807) is 35.1 Å². The van der Waals surface area contributed by atoms with E-state index in [2.05, 4.69) is 10.6 Å². The third kappa shape index (κ3) is 8.29. The van der Waals surface area contributed by atoms with Gasteiger partial charge in [-0.25, -0.2) is 0 Å². The van der Waals surface area contributed by atoms with Gasteiger partial charge in [0.25, 0.3) is 0 Å². The predicted molar refractivity (Wildman–Crippen MR) is 157 cm³/mol. The zero-order chi connectivity index (χ0) is 30.3. The summed E-state index contributed by atoms with van der Waals surface area (Å²) in [6.07, 6.45) is -3.78. The highest BCUT2D eigenvalue weighted by Crippen LogP contribution is 2.34. The maximum atomic E-state index is 13.9. The Morgan fingerprint density at radius 1 is 1.05 bits per heavy atom. The van der Waals surface area contributed by atoms with Crippen LogP contribution in [0.5, 0.6) is 0 Å². The number of benzene rings is 2. The first kappa shape index (κ1) is 32.3. The normalized spacial score (nSPS) is 17.1. The van der Waals surface area contributed by atoms with E-state index in [4.69, 9.17) is 27.9 Å². The predicted octanol–water partition coefficient (Wildman–Crippen LogP) is 3.48. The fourth-order valence-electron chi connectivity index (χ4n) is 5.35. The number of hydrogen-bond donors (Lipinski definition) is 2. The lowest BCUT2D eigenvalue weighted by molar-refractivity contribution is -0.146.